The number of carbonyl (C=O) groups excluding carboxylic acids is 2. The third-order valence-electron chi connectivity index (χ3n) is 4.27. The lowest BCUT2D eigenvalue weighted by molar-refractivity contribution is -0.133. The summed E-state index contributed by atoms with van der Waals surface area (Å²) in [6.45, 7) is 2.29. The summed E-state index contributed by atoms with van der Waals surface area (Å²) in [4.78, 5) is 28.3. The van der Waals surface area contributed by atoms with Crippen molar-refractivity contribution in [1.82, 2.24) is 9.80 Å². The third-order valence-corrected chi connectivity index (χ3v) is 4.27. The second-order valence-corrected chi connectivity index (χ2v) is 6.12. The van der Waals surface area contributed by atoms with Crippen molar-refractivity contribution in [3.63, 3.8) is 0 Å². The fourth-order valence-electron chi connectivity index (χ4n) is 2.85. The Morgan fingerprint density at radius 3 is 2.19 bits per heavy atom. The van der Waals surface area contributed by atoms with Gasteiger partial charge in [0.05, 0.1) is 0 Å². The molecule has 1 heterocycles. The van der Waals surface area contributed by atoms with Crippen LogP contribution in [0.3, 0.4) is 0 Å². The molecule has 3 amide bonds. The van der Waals surface area contributed by atoms with Crippen LogP contribution in [-0.2, 0) is 4.79 Å². The fraction of sp³-hybridized carbons (Fsp3) is 0.300. The lowest BCUT2D eigenvalue weighted by atomic mass is 10.3. The van der Waals surface area contributed by atoms with Gasteiger partial charge < -0.3 is 19.9 Å². The zero-order valence-corrected chi connectivity index (χ0v) is 14.6. The van der Waals surface area contributed by atoms with E-state index in [0.29, 0.717) is 31.9 Å². The molecule has 0 atom stereocenters. The van der Waals surface area contributed by atoms with Crippen LogP contribution >= 0.6 is 0 Å². The number of urea groups is 1. The number of benzene rings is 2. The molecule has 2 aromatic carbocycles. The Morgan fingerprint density at radius 1 is 0.846 bits per heavy atom. The lowest BCUT2D eigenvalue weighted by Gasteiger charge is -2.22. The Kier molecular flexibility index (Phi) is 6.09. The van der Waals surface area contributed by atoms with Crippen molar-refractivity contribution >= 4 is 17.6 Å². The largest absolute Gasteiger partial charge is 0.484 e. The first-order valence-corrected chi connectivity index (χ1v) is 8.79. The predicted octanol–water partition coefficient (Wildman–Crippen LogP) is 2.83. The molecule has 0 aromatic heterocycles. The number of hydrogen-bond acceptors (Lipinski definition) is 3. The van der Waals surface area contributed by atoms with Gasteiger partial charge in [0.2, 0.25) is 0 Å². The van der Waals surface area contributed by atoms with Crippen LogP contribution in [0, 0.1) is 0 Å². The summed E-state index contributed by atoms with van der Waals surface area (Å²) in [7, 11) is 0. The van der Waals surface area contributed by atoms with E-state index in [1.165, 1.54) is 0 Å². The van der Waals surface area contributed by atoms with Crippen molar-refractivity contribution in [2.45, 2.75) is 6.42 Å². The van der Waals surface area contributed by atoms with Crippen LogP contribution in [0.15, 0.2) is 60.7 Å². The zero-order chi connectivity index (χ0) is 18.2. The van der Waals surface area contributed by atoms with Crippen LogP contribution in [0.5, 0.6) is 5.75 Å². The number of anilines is 1. The summed E-state index contributed by atoms with van der Waals surface area (Å²) in [6, 6.07) is 18.5. The molecule has 1 saturated heterocycles. The highest BCUT2D eigenvalue weighted by Gasteiger charge is 2.22. The van der Waals surface area contributed by atoms with Crippen molar-refractivity contribution in [2.24, 2.45) is 0 Å². The van der Waals surface area contributed by atoms with E-state index in [9.17, 15) is 9.59 Å². The van der Waals surface area contributed by atoms with E-state index in [4.69, 9.17) is 4.74 Å². The minimum absolute atomic E-state index is 0.0141. The predicted molar refractivity (Wildman–Crippen MR) is 100 cm³/mol. The summed E-state index contributed by atoms with van der Waals surface area (Å²) < 4.78 is 5.53. The van der Waals surface area contributed by atoms with Crippen LogP contribution in [0.1, 0.15) is 6.42 Å². The molecule has 1 aliphatic heterocycles. The Morgan fingerprint density at radius 2 is 1.46 bits per heavy atom. The van der Waals surface area contributed by atoms with Gasteiger partial charge in [-0.15, -0.1) is 0 Å². The maximum atomic E-state index is 12.4. The highest BCUT2D eigenvalue weighted by molar-refractivity contribution is 5.89. The molecule has 1 N–H and O–H groups in total. The highest BCUT2D eigenvalue weighted by atomic mass is 16.5. The van der Waals surface area contributed by atoms with Gasteiger partial charge in [-0.2, -0.15) is 0 Å². The molecular formula is C20H23N3O3. The van der Waals surface area contributed by atoms with Gasteiger partial charge in [-0.05, 0) is 30.7 Å². The summed E-state index contributed by atoms with van der Waals surface area (Å²) in [5.74, 6) is 0.624. The third kappa shape index (κ3) is 4.99. The van der Waals surface area contributed by atoms with E-state index in [2.05, 4.69) is 5.32 Å². The number of para-hydroxylation sites is 2. The maximum absolute atomic E-state index is 12.4. The van der Waals surface area contributed by atoms with Gasteiger partial charge in [-0.1, -0.05) is 36.4 Å². The summed E-state index contributed by atoms with van der Waals surface area (Å²) in [6.07, 6.45) is 0.749. The average Bonchev–Trinajstić information content (AvgIpc) is 2.94. The van der Waals surface area contributed by atoms with E-state index in [1.807, 2.05) is 60.7 Å². The summed E-state index contributed by atoms with van der Waals surface area (Å²) in [5.41, 5.74) is 0.769. The quantitative estimate of drug-likeness (QED) is 0.919. The van der Waals surface area contributed by atoms with Crippen molar-refractivity contribution in [1.29, 1.82) is 0 Å². The number of amides is 3. The van der Waals surface area contributed by atoms with E-state index in [1.54, 1.807) is 9.80 Å². The first-order valence-electron chi connectivity index (χ1n) is 8.79. The van der Waals surface area contributed by atoms with Gasteiger partial charge in [-0.25, -0.2) is 4.79 Å². The van der Waals surface area contributed by atoms with E-state index in [-0.39, 0.29) is 18.5 Å². The number of ether oxygens (including phenoxy) is 1. The van der Waals surface area contributed by atoms with Crippen LogP contribution < -0.4 is 10.1 Å². The smallest absolute Gasteiger partial charge is 0.321 e. The van der Waals surface area contributed by atoms with E-state index >= 15 is 0 Å². The molecule has 0 bridgehead atoms. The standard InChI is InChI=1S/C20H23N3O3/c24-19(16-26-18-10-5-2-6-11-18)22-12-7-13-23(15-14-22)20(25)21-17-8-3-1-4-9-17/h1-6,8-11H,7,12-16H2,(H,21,25). The second-order valence-electron chi connectivity index (χ2n) is 6.12. The Balaban J connectivity index is 1.48. The topological polar surface area (TPSA) is 61.9 Å². The van der Waals surface area contributed by atoms with E-state index in [0.717, 1.165) is 12.1 Å². The highest BCUT2D eigenvalue weighted by Crippen LogP contribution is 2.11. The summed E-state index contributed by atoms with van der Waals surface area (Å²) >= 11 is 0. The molecule has 6 nitrogen and oxygen atoms in total. The van der Waals surface area contributed by atoms with Crippen molar-refractivity contribution in [2.75, 3.05) is 38.1 Å². The fourth-order valence-corrected chi connectivity index (χ4v) is 2.85. The van der Waals surface area contributed by atoms with Gasteiger partial charge in [0.1, 0.15) is 5.75 Å². The summed E-state index contributed by atoms with van der Waals surface area (Å²) in [5, 5.41) is 2.89. The second kappa shape index (κ2) is 8.89. The number of rotatable bonds is 4. The molecule has 2 aromatic rings. The molecule has 1 aliphatic rings. The minimum Gasteiger partial charge on any atom is -0.484 e. The molecule has 0 spiro atoms. The molecule has 136 valence electrons. The SMILES string of the molecule is O=C(COc1ccccc1)N1CCCN(C(=O)Nc2ccccc2)CC1. The molecule has 0 aliphatic carbocycles. The van der Waals surface area contributed by atoms with Crippen LogP contribution in [0.4, 0.5) is 10.5 Å². The monoisotopic (exact) mass is 353 g/mol. The molecular weight excluding hydrogens is 330 g/mol. The molecule has 0 unspecified atom stereocenters. The number of carbonyl (C=O) groups is 2. The molecule has 1 fully saturated rings. The Bertz CT molecular complexity index is 722. The number of nitrogens with one attached hydrogen (secondary N) is 1. The van der Waals surface area contributed by atoms with Crippen molar-refractivity contribution in [3.05, 3.63) is 60.7 Å². The van der Waals surface area contributed by atoms with Gasteiger partial charge in [0.25, 0.3) is 5.91 Å². The minimum atomic E-state index is -0.133. The van der Waals surface area contributed by atoms with Crippen LogP contribution in [0.25, 0.3) is 0 Å². The van der Waals surface area contributed by atoms with Crippen molar-refractivity contribution in [3.8, 4) is 5.75 Å². The van der Waals surface area contributed by atoms with Gasteiger partial charge >= 0.3 is 6.03 Å². The zero-order valence-electron chi connectivity index (χ0n) is 14.6. The van der Waals surface area contributed by atoms with Gasteiger partial charge in [0, 0.05) is 31.9 Å². The molecule has 3 rings (SSSR count). The van der Waals surface area contributed by atoms with E-state index < -0.39 is 0 Å². The lowest BCUT2D eigenvalue weighted by Crippen LogP contribution is -2.40. The number of hydrogen-bond donors (Lipinski definition) is 1. The number of nitrogens with zero attached hydrogens (tertiary/aromatic N) is 2. The Hall–Kier alpha value is -3.02. The van der Waals surface area contributed by atoms with Gasteiger partial charge in [0.15, 0.2) is 6.61 Å². The molecule has 0 saturated carbocycles. The average molecular weight is 353 g/mol. The maximum Gasteiger partial charge on any atom is 0.321 e. The van der Waals surface area contributed by atoms with Crippen molar-refractivity contribution < 1.29 is 14.3 Å². The molecule has 26 heavy (non-hydrogen) atoms. The van der Waals surface area contributed by atoms with Gasteiger partial charge in [-0.3, -0.25) is 4.79 Å². The van der Waals surface area contributed by atoms with Crippen LogP contribution in [0.2, 0.25) is 0 Å². The first kappa shape index (κ1) is 17.8. The normalized spacial score (nSPS) is 14.5. The Labute approximate surface area is 153 Å². The first-order chi connectivity index (χ1) is 12.7. The molecule has 0 radical (unpaired) electrons. The van der Waals surface area contributed by atoms with Crippen LogP contribution in [-0.4, -0.2) is 54.5 Å². The molecule has 6 heteroatoms.